The van der Waals surface area contributed by atoms with E-state index in [1.165, 1.54) is 23.9 Å². The van der Waals surface area contributed by atoms with Crippen molar-refractivity contribution in [1.82, 2.24) is 19.7 Å². The number of rotatable bonds is 6. The van der Waals surface area contributed by atoms with Crippen molar-refractivity contribution >= 4 is 23.6 Å². The lowest BCUT2D eigenvalue weighted by Gasteiger charge is -2.25. The second-order valence-corrected chi connectivity index (χ2v) is 6.26. The minimum absolute atomic E-state index is 0.0581. The molecular formula is C16H19N5O3S. The molecule has 0 radical (unpaired) electrons. The summed E-state index contributed by atoms with van der Waals surface area (Å²) in [5, 5.41) is 20.0. The number of morpholine rings is 1. The molecule has 1 fully saturated rings. The van der Waals surface area contributed by atoms with Gasteiger partial charge in [-0.3, -0.25) is 19.6 Å². The van der Waals surface area contributed by atoms with Gasteiger partial charge in [0.15, 0.2) is 11.0 Å². The standard InChI is InChI=1S/C16H19N5O3S/c1-25-16-18-17-15(13-3-5-14(6-4-13)21(22)23)20(16)8-2-7-19-9-11-24-12-10-19/h2-6,8H,7,9-12H2,1H3. The van der Waals surface area contributed by atoms with Crippen LogP contribution in [0.5, 0.6) is 0 Å². The molecule has 0 atom stereocenters. The first-order valence-corrected chi connectivity index (χ1v) is 9.12. The lowest BCUT2D eigenvalue weighted by Crippen LogP contribution is -2.36. The van der Waals surface area contributed by atoms with Gasteiger partial charge >= 0.3 is 0 Å². The van der Waals surface area contributed by atoms with Gasteiger partial charge in [0.1, 0.15) is 0 Å². The highest BCUT2D eigenvalue weighted by atomic mass is 32.2. The maximum Gasteiger partial charge on any atom is 0.269 e. The second kappa shape index (κ2) is 8.24. The van der Waals surface area contributed by atoms with Gasteiger partial charge in [0.05, 0.1) is 18.1 Å². The molecule has 8 nitrogen and oxygen atoms in total. The van der Waals surface area contributed by atoms with E-state index in [4.69, 9.17) is 4.74 Å². The molecule has 25 heavy (non-hydrogen) atoms. The number of nitro groups is 1. The number of hydrogen-bond donors (Lipinski definition) is 0. The summed E-state index contributed by atoms with van der Waals surface area (Å²) in [5.41, 5.74) is 0.845. The van der Waals surface area contributed by atoms with Crippen LogP contribution in [-0.2, 0) is 4.74 Å². The largest absolute Gasteiger partial charge is 0.379 e. The molecule has 1 saturated heterocycles. The van der Waals surface area contributed by atoms with Crippen LogP contribution in [-0.4, -0.2) is 63.7 Å². The van der Waals surface area contributed by atoms with Gasteiger partial charge < -0.3 is 4.74 Å². The molecule has 1 aliphatic heterocycles. The zero-order valence-corrected chi connectivity index (χ0v) is 14.7. The average Bonchev–Trinajstić information content (AvgIpc) is 3.05. The molecule has 2 aromatic rings. The molecule has 0 N–H and O–H groups in total. The summed E-state index contributed by atoms with van der Waals surface area (Å²) >= 11 is 1.50. The average molecular weight is 361 g/mol. The fourth-order valence-corrected chi connectivity index (χ4v) is 3.03. The van der Waals surface area contributed by atoms with Gasteiger partial charge in [-0.25, -0.2) is 0 Å². The molecule has 0 aliphatic carbocycles. The van der Waals surface area contributed by atoms with Crippen LogP contribution in [0, 0.1) is 10.1 Å². The minimum atomic E-state index is -0.413. The zero-order chi connectivity index (χ0) is 17.6. The number of non-ortho nitro benzene ring substituents is 1. The fourth-order valence-electron chi connectivity index (χ4n) is 2.57. The normalized spacial score (nSPS) is 15.7. The van der Waals surface area contributed by atoms with Crippen LogP contribution in [0.4, 0.5) is 5.69 Å². The van der Waals surface area contributed by atoms with E-state index in [2.05, 4.69) is 21.2 Å². The SMILES string of the molecule is CSc1nnc(-c2ccc([N+](=O)[O-])cc2)n1C=CCN1CCOCC1. The molecule has 1 aromatic heterocycles. The summed E-state index contributed by atoms with van der Waals surface area (Å²) in [6.45, 7) is 4.22. The van der Waals surface area contributed by atoms with E-state index in [1.807, 2.05) is 17.0 Å². The van der Waals surface area contributed by atoms with Crippen LogP contribution in [0.3, 0.4) is 0 Å². The lowest BCUT2D eigenvalue weighted by molar-refractivity contribution is -0.384. The number of aromatic nitrogens is 3. The van der Waals surface area contributed by atoms with Crippen LogP contribution in [0.1, 0.15) is 0 Å². The van der Waals surface area contributed by atoms with Crippen LogP contribution >= 0.6 is 11.8 Å². The van der Waals surface area contributed by atoms with Gasteiger partial charge in [0.25, 0.3) is 5.69 Å². The van der Waals surface area contributed by atoms with Crippen molar-refractivity contribution in [3.05, 3.63) is 40.5 Å². The van der Waals surface area contributed by atoms with E-state index in [-0.39, 0.29) is 5.69 Å². The quantitative estimate of drug-likeness (QED) is 0.443. The van der Waals surface area contributed by atoms with Crippen molar-refractivity contribution in [2.75, 3.05) is 39.1 Å². The van der Waals surface area contributed by atoms with Gasteiger partial charge in [-0.2, -0.15) is 0 Å². The van der Waals surface area contributed by atoms with Gasteiger partial charge in [-0.05, 0) is 18.4 Å². The molecule has 2 heterocycles. The monoisotopic (exact) mass is 361 g/mol. The third-order valence-corrected chi connectivity index (χ3v) is 4.55. The molecule has 3 rings (SSSR count). The summed E-state index contributed by atoms with van der Waals surface area (Å²) < 4.78 is 7.26. The third kappa shape index (κ3) is 4.25. The van der Waals surface area contributed by atoms with E-state index in [1.54, 1.807) is 12.1 Å². The highest BCUT2D eigenvalue weighted by Crippen LogP contribution is 2.24. The Labute approximate surface area is 149 Å². The van der Waals surface area contributed by atoms with Gasteiger partial charge in [-0.1, -0.05) is 17.8 Å². The first-order valence-electron chi connectivity index (χ1n) is 7.89. The lowest BCUT2D eigenvalue weighted by atomic mass is 10.2. The second-order valence-electron chi connectivity index (χ2n) is 5.48. The Morgan fingerprint density at radius 2 is 2.00 bits per heavy atom. The Hall–Kier alpha value is -2.23. The third-order valence-electron chi connectivity index (χ3n) is 3.91. The molecule has 0 spiro atoms. The van der Waals surface area contributed by atoms with Gasteiger partial charge in [-0.15, -0.1) is 10.2 Å². The summed E-state index contributed by atoms with van der Waals surface area (Å²) in [5.74, 6) is 0.664. The van der Waals surface area contributed by atoms with Gasteiger partial charge in [0.2, 0.25) is 0 Å². The Morgan fingerprint density at radius 3 is 2.64 bits per heavy atom. The molecule has 0 amide bonds. The molecule has 132 valence electrons. The number of ether oxygens (including phenoxy) is 1. The molecule has 0 unspecified atom stereocenters. The summed E-state index contributed by atoms with van der Waals surface area (Å²) in [7, 11) is 0. The van der Waals surface area contributed by atoms with E-state index < -0.39 is 4.92 Å². The maximum absolute atomic E-state index is 10.8. The molecule has 1 aromatic carbocycles. The predicted molar refractivity (Wildman–Crippen MR) is 96.5 cm³/mol. The Morgan fingerprint density at radius 1 is 1.28 bits per heavy atom. The topological polar surface area (TPSA) is 86.3 Å². The summed E-state index contributed by atoms with van der Waals surface area (Å²) in [6, 6.07) is 6.34. The van der Waals surface area contributed by atoms with Crippen molar-refractivity contribution < 1.29 is 9.66 Å². The number of nitrogens with zero attached hydrogens (tertiary/aromatic N) is 5. The van der Waals surface area contributed by atoms with Crippen molar-refractivity contribution in [2.24, 2.45) is 0 Å². The van der Waals surface area contributed by atoms with Crippen molar-refractivity contribution in [3.8, 4) is 11.4 Å². The highest BCUT2D eigenvalue weighted by molar-refractivity contribution is 7.98. The first-order chi connectivity index (χ1) is 12.2. The van der Waals surface area contributed by atoms with E-state index >= 15 is 0 Å². The zero-order valence-electron chi connectivity index (χ0n) is 13.9. The Kier molecular flexibility index (Phi) is 5.79. The van der Waals surface area contributed by atoms with Crippen LogP contribution in [0.15, 0.2) is 35.5 Å². The molecular weight excluding hydrogens is 342 g/mol. The Bertz CT molecular complexity index is 754. The van der Waals surface area contributed by atoms with Crippen LogP contribution in [0.25, 0.3) is 17.6 Å². The molecule has 1 aliphatic rings. The number of nitro benzene ring substituents is 1. The van der Waals surface area contributed by atoms with Crippen molar-refractivity contribution in [2.45, 2.75) is 5.16 Å². The first kappa shape index (κ1) is 17.6. The van der Waals surface area contributed by atoms with E-state index in [0.29, 0.717) is 5.82 Å². The molecule has 9 heteroatoms. The Balaban J connectivity index is 1.80. The maximum atomic E-state index is 10.8. The van der Waals surface area contributed by atoms with Crippen molar-refractivity contribution in [1.29, 1.82) is 0 Å². The van der Waals surface area contributed by atoms with E-state index in [9.17, 15) is 10.1 Å². The minimum Gasteiger partial charge on any atom is -0.379 e. The van der Waals surface area contributed by atoms with Gasteiger partial charge in [0, 0.05) is 43.5 Å². The fraction of sp³-hybridized carbons (Fsp3) is 0.375. The number of hydrogen-bond acceptors (Lipinski definition) is 7. The number of thioether (sulfide) groups is 1. The van der Waals surface area contributed by atoms with Crippen LogP contribution < -0.4 is 0 Å². The molecule has 0 bridgehead atoms. The smallest absolute Gasteiger partial charge is 0.269 e. The van der Waals surface area contributed by atoms with Crippen LogP contribution in [0.2, 0.25) is 0 Å². The van der Waals surface area contributed by atoms with E-state index in [0.717, 1.165) is 43.6 Å². The summed E-state index contributed by atoms with van der Waals surface area (Å²) in [6.07, 6.45) is 5.97. The molecule has 0 saturated carbocycles. The van der Waals surface area contributed by atoms with Crippen molar-refractivity contribution in [3.63, 3.8) is 0 Å². The predicted octanol–water partition coefficient (Wildman–Crippen LogP) is 2.38. The summed E-state index contributed by atoms with van der Waals surface area (Å²) in [4.78, 5) is 12.7. The highest BCUT2D eigenvalue weighted by Gasteiger charge is 2.13. The number of benzene rings is 1.